The van der Waals surface area contributed by atoms with Gasteiger partial charge in [0.25, 0.3) is 0 Å². The van der Waals surface area contributed by atoms with Crippen molar-refractivity contribution < 1.29 is 9.90 Å². The van der Waals surface area contributed by atoms with E-state index in [1.807, 2.05) is 24.5 Å². The van der Waals surface area contributed by atoms with Crippen molar-refractivity contribution in [1.29, 1.82) is 0 Å². The van der Waals surface area contributed by atoms with Gasteiger partial charge in [0.2, 0.25) is 0 Å². The van der Waals surface area contributed by atoms with E-state index in [2.05, 4.69) is 0 Å². The van der Waals surface area contributed by atoms with Gasteiger partial charge in [0.05, 0.1) is 5.02 Å². The summed E-state index contributed by atoms with van der Waals surface area (Å²) in [5.41, 5.74) is 0. The van der Waals surface area contributed by atoms with Gasteiger partial charge in [0.15, 0.2) is 0 Å². The van der Waals surface area contributed by atoms with Crippen LogP contribution in [-0.4, -0.2) is 17.3 Å². The van der Waals surface area contributed by atoms with Gasteiger partial charge in [-0.15, -0.1) is 23.1 Å². The smallest absolute Gasteiger partial charge is 0.347 e. The molecule has 1 aromatic heterocycles. The highest BCUT2D eigenvalue weighted by atomic mass is 35.5. The van der Waals surface area contributed by atoms with Crippen LogP contribution in [0.15, 0.2) is 23.1 Å². The number of rotatable bonds is 2. The number of carboxylic acids is 1. The minimum absolute atomic E-state index is 0.213. The molecule has 0 amide bonds. The number of thiophene rings is 1. The molecule has 0 saturated carbocycles. The Bertz CT molecular complexity index is 533. The van der Waals surface area contributed by atoms with E-state index in [0.29, 0.717) is 5.02 Å². The molecule has 78 valence electrons. The lowest BCUT2D eigenvalue weighted by Crippen LogP contribution is -1.91. The van der Waals surface area contributed by atoms with E-state index < -0.39 is 5.97 Å². The van der Waals surface area contributed by atoms with Crippen molar-refractivity contribution in [2.45, 2.75) is 4.90 Å². The number of hydrogen-bond donors (Lipinski definition) is 1. The first-order valence-corrected chi connectivity index (χ1v) is 6.54. The lowest BCUT2D eigenvalue weighted by Gasteiger charge is -1.95. The van der Waals surface area contributed by atoms with Crippen molar-refractivity contribution >= 4 is 50.8 Å². The monoisotopic (exact) mass is 258 g/mol. The molecule has 0 fully saturated rings. The number of carbonyl (C=O) groups is 1. The van der Waals surface area contributed by atoms with Crippen LogP contribution in [-0.2, 0) is 0 Å². The lowest BCUT2D eigenvalue weighted by molar-refractivity contribution is 0.0702. The zero-order valence-corrected chi connectivity index (χ0v) is 10.2. The highest BCUT2D eigenvalue weighted by Crippen LogP contribution is 2.36. The number of halogens is 1. The van der Waals surface area contributed by atoms with Crippen molar-refractivity contribution in [3.63, 3.8) is 0 Å². The molecule has 1 aromatic carbocycles. The van der Waals surface area contributed by atoms with Gasteiger partial charge in [-0.25, -0.2) is 4.79 Å². The predicted molar refractivity (Wildman–Crippen MR) is 65.6 cm³/mol. The summed E-state index contributed by atoms with van der Waals surface area (Å²) in [5, 5.41) is 10.1. The number of thioether (sulfide) groups is 1. The third kappa shape index (κ3) is 1.85. The summed E-state index contributed by atoms with van der Waals surface area (Å²) >= 11 is 8.81. The number of hydrogen-bond acceptors (Lipinski definition) is 3. The minimum atomic E-state index is -0.966. The molecule has 0 saturated heterocycles. The Morgan fingerprint density at radius 3 is 2.87 bits per heavy atom. The average Bonchev–Trinajstić information content (AvgIpc) is 2.55. The van der Waals surface area contributed by atoms with Crippen LogP contribution in [0, 0.1) is 0 Å². The summed E-state index contributed by atoms with van der Waals surface area (Å²) in [5.74, 6) is -0.966. The number of benzene rings is 1. The Kier molecular flexibility index (Phi) is 2.91. The Hall–Kier alpha value is -0.710. The molecule has 0 radical (unpaired) electrons. The normalized spacial score (nSPS) is 10.8. The molecular weight excluding hydrogens is 252 g/mol. The van der Waals surface area contributed by atoms with Crippen molar-refractivity contribution in [3.05, 3.63) is 28.1 Å². The zero-order valence-electron chi connectivity index (χ0n) is 7.78. The van der Waals surface area contributed by atoms with Crippen LogP contribution in [0.25, 0.3) is 10.1 Å². The van der Waals surface area contributed by atoms with E-state index >= 15 is 0 Å². The summed E-state index contributed by atoms with van der Waals surface area (Å²) in [4.78, 5) is 12.2. The van der Waals surface area contributed by atoms with Crippen LogP contribution in [0.1, 0.15) is 9.67 Å². The molecule has 2 rings (SSSR count). The maximum absolute atomic E-state index is 10.9. The topological polar surface area (TPSA) is 37.3 Å². The molecule has 0 aliphatic carbocycles. The van der Waals surface area contributed by atoms with Crippen LogP contribution in [0.3, 0.4) is 0 Å². The summed E-state index contributed by atoms with van der Waals surface area (Å²) in [6, 6.07) is 5.77. The van der Waals surface area contributed by atoms with Gasteiger partial charge in [-0.1, -0.05) is 17.7 Å². The highest BCUT2D eigenvalue weighted by molar-refractivity contribution is 7.98. The first-order valence-electron chi connectivity index (χ1n) is 4.13. The van der Waals surface area contributed by atoms with E-state index in [-0.39, 0.29) is 4.88 Å². The Balaban J connectivity index is 2.70. The Morgan fingerprint density at radius 1 is 1.53 bits per heavy atom. The third-order valence-corrected chi connectivity index (χ3v) is 4.40. The largest absolute Gasteiger partial charge is 0.477 e. The van der Waals surface area contributed by atoms with E-state index in [9.17, 15) is 4.79 Å². The predicted octanol–water partition coefficient (Wildman–Crippen LogP) is 3.97. The van der Waals surface area contributed by atoms with Crippen LogP contribution in [0.4, 0.5) is 0 Å². The van der Waals surface area contributed by atoms with Crippen molar-refractivity contribution in [3.8, 4) is 0 Å². The second-order valence-corrected chi connectivity index (χ2v) is 5.22. The SMILES string of the molecule is CSc1ccc2c(Cl)c(C(=O)O)sc2c1. The molecule has 0 unspecified atom stereocenters. The Morgan fingerprint density at radius 2 is 2.27 bits per heavy atom. The first kappa shape index (κ1) is 10.8. The second kappa shape index (κ2) is 4.04. The molecule has 2 aromatic rings. The summed E-state index contributed by atoms with van der Waals surface area (Å²) in [6.45, 7) is 0. The standard InChI is InChI=1S/C10H7ClO2S2/c1-14-5-2-3-6-7(4-5)15-9(8(6)11)10(12)13/h2-4H,1H3,(H,12,13). The zero-order chi connectivity index (χ0) is 11.0. The second-order valence-electron chi connectivity index (χ2n) is 2.91. The van der Waals surface area contributed by atoms with Crippen LogP contribution in [0.5, 0.6) is 0 Å². The van der Waals surface area contributed by atoms with Crippen molar-refractivity contribution in [1.82, 2.24) is 0 Å². The molecule has 0 bridgehead atoms. The fourth-order valence-electron chi connectivity index (χ4n) is 1.31. The molecule has 0 atom stereocenters. The molecule has 0 spiro atoms. The highest BCUT2D eigenvalue weighted by Gasteiger charge is 2.15. The number of carboxylic acid groups (broad SMARTS) is 1. The van der Waals surface area contributed by atoms with E-state index in [4.69, 9.17) is 16.7 Å². The Labute approximate surface area is 99.9 Å². The first-order chi connectivity index (χ1) is 7.13. The average molecular weight is 259 g/mol. The summed E-state index contributed by atoms with van der Waals surface area (Å²) < 4.78 is 0.921. The fraction of sp³-hybridized carbons (Fsp3) is 0.100. The molecule has 0 aliphatic rings. The maximum Gasteiger partial charge on any atom is 0.347 e. The van der Waals surface area contributed by atoms with Crippen LogP contribution >= 0.6 is 34.7 Å². The van der Waals surface area contributed by atoms with Gasteiger partial charge >= 0.3 is 5.97 Å². The maximum atomic E-state index is 10.9. The van der Waals surface area contributed by atoms with E-state index in [1.165, 1.54) is 11.3 Å². The van der Waals surface area contributed by atoms with Gasteiger partial charge in [-0.3, -0.25) is 0 Å². The fourth-order valence-corrected chi connectivity index (χ4v) is 3.21. The molecule has 1 N–H and O–H groups in total. The summed E-state index contributed by atoms with van der Waals surface area (Å²) in [7, 11) is 0. The quantitative estimate of drug-likeness (QED) is 0.828. The van der Waals surface area contributed by atoms with Gasteiger partial charge in [-0.2, -0.15) is 0 Å². The van der Waals surface area contributed by atoms with Crippen molar-refractivity contribution in [2.75, 3.05) is 6.26 Å². The molecule has 2 nitrogen and oxygen atoms in total. The van der Waals surface area contributed by atoms with Crippen LogP contribution < -0.4 is 0 Å². The van der Waals surface area contributed by atoms with Gasteiger partial charge < -0.3 is 5.11 Å². The van der Waals surface area contributed by atoms with E-state index in [0.717, 1.165) is 15.0 Å². The minimum Gasteiger partial charge on any atom is -0.477 e. The molecule has 1 heterocycles. The molecule has 15 heavy (non-hydrogen) atoms. The molecule has 0 aliphatic heterocycles. The molecular formula is C10H7ClO2S2. The third-order valence-electron chi connectivity index (χ3n) is 2.03. The molecule has 5 heteroatoms. The van der Waals surface area contributed by atoms with Gasteiger partial charge in [-0.05, 0) is 18.4 Å². The van der Waals surface area contributed by atoms with Gasteiger partial charge in [0, 0.05) is 15.0 Å². The number of fused-ring (bicyclic) bond motifs is 1. The van der Waals surface area contributed by atoms with Gasteiger partial charge in [0.1, 0.15) is 4.88 Å². The summed E-state index contributed by atoms with van der Waals surface area (Å²) in [6.07, 6.45) is 1.98. The van der Waals surface area contributed by atoms with Crippen molar-refractivity contribution in [2.24, 2.45) is 0 Å². The van der Waals surface area contributed by atoms with E-state index in [1.54, 1.807) is 11.8 Å². The lowest BCUT2D eigenvalue weighted by atomic mass is 10.2. The number of aromatic carboxylic acids is 1. The van der Waals surface area contributed by atoms with Crippen LogP contribution in [0.2, 0.25) is 5.02 Å².